The van der Waals surface area contributed by atoms with Crippen LogP contribution in [0.2, 0.25) is 51.4 Å². The summed E-state index contributed by atoms with van der Waals surface area (Å²) in [5, 5.41) is 0. The van der Waals surface area contributed by atoms with Crippen LogP contribution in [-0.2, 0) is 47.7 Å². The van der Waals surface area contributed by atoms with Crippen LogP contribution in [0.3, 0.4) is 0 Å². The summed E-state index contributed by atoms with van der Waals surface area (Å²) in [6.45, 7) is 12.0. The zero-order chi connectivity index (χ0) is 54.2. The van der Waals surface area contributed by atoms with Crippen molar-refractivity contribution in [2.24, 2.45) is 0 Å². The van der Waals surface area contributed by atoms with E-state index >= 15 is 0 Å². The van der Waals surface area contributed by atoms with Crippen molar-refractivity contribution in [3.63, 3.8) is 0 Å². The van der Waals surface area contributed by atoms with Gasteiger partial charge in [0, 0.05) is 73.2 Å². The van der Waals surface area contributed by atoms with Crippen LogP contribution in [0.15, 0.2) is 48.2 Å². The molecule has 0 aromatic heterocycles. The van der Waals surface area contributed by atoms with Crippen molar-refractivity contribution in [3.05, 3.63) is 59.3 Å². The molecule has 2 atom stereocenters. The van der Waals surface area contributed by atoms with Crippen molar-refractivity contribution in [2.45, 2.75) is 93.7 Å². The average Bonchev–Trinajstić information content (AvgIpc) is 3.87. The Balaban J connectivity index is 1.24. The van der Waals surface area contributed by atoms with E-state index in [1.54, 1.807) is 0 Å². The number of fused-ring (bicyclic) bond motifs is 4. The molecule has 4 heterocycles. The van der Waals surface area contributed by atoms with E-state index < -0.39 is 121 Å². The molecule has 30 heteroatoms. The molecule has 2 aromatic rings. The van der Waals surface area contributed by atoms with Gasteiger partial charge in [-0.1, -0.05) is 39.3 Å². The topological polar surface area (TPSA) is 223 Å². The quantitative estimate of drug-likeness (QED) is 0.0393. The summed E-state index contributed by atoms with van der Waals surface area (Å²) in [5.74, 6) is -4.99. The number of anilines is 2. The molecule has 0 saturated heterocycles. The molecule has 0 radical (unpaired) electrons. The van der Waals surface area contributed by atoms with Gasteiger partial charge in [0.25, 0.3) is 23.6 Å². The second-order valence-corrected chi connectivity index (χ2v) is 33.7. The summed E-state index contributed by atoms with van der Waals surface area (Å²) in [7, 11) is -13.0. The molecule has 6 rings (SSSR count). The van der Waals surface area contributed by atoms with Crippen LogP contribution in [-0.4, -0.2) is 144 Å². The Morgan fingerprint density at radius 3 is 1.23 bits per heavy atom. The van der Waals surface area contributed by atoms with E-state index in [0.29, 0.717) is 12.1 Å². The van der Waals surface area contributed by atoms with Gasteiger partial charge in [0.1, 0.15) is 37.1 Å². The Kier molecular flexibility index (Phi) is 16.6. The highest BCUT2D eigenvalue weighted by molar-refractivity contribution is 7.88. The fourth-order valence-corrected chi connectivity index (χ4v) is 10.0. The molecule has 4 aliphatic heterocycles. The number of ether oxygens (including phenoxy) is 6. The average molecular weight is 1120 g/mol. The van der Waals surface area contributed by atoms with Gasteiger partial charge >= 0.3 is 31.3 Å². The number of nitrogens with zero attached hydrogens (tertiary/aromatic N) is 4. The van der Waals surface area contributed by atoms with Crippen LogP contribution in [0.1, 0.15) is 40.0 Å². The van der Waals surface area contributed by atoms with Crippen LogP contribution in [0, 0.1) is 0 Å². The summed E-state index contributed by atoms with van der Waals surface area (Å²) < 4.78 is 170. The number of rotatable bonds is 22. The van der Waals surface area contributed by atoms with Crippen molar-refractivity contribution in [2.75, 3.05) is 63.9 Å². The first-order valence-electron chi connectivity index (χ1n) is 22.3. The van der Waals surface area contributed by atoms with Gasteiger partial charge in [0.05, 0.1) is 49.9 Å². The van der Waals surface area contributed by atoms with Gasteiger partial charge in [-0.15, -0.1) is 0 Å². The van der Waals surface area contributed by atoms with E-state index in [1.165, 1.54) is 38.5 Å². The number of alkyl halides is 6. The molecule has 0 aliphatic carbocycles. The normalized spacial score (nSPS) is 18.6. The lowest BCUT2D eigenvalue weighted by molar-refractivity contribution is -0.123. The third-order valence-corrected chi connectivity index (χ3v) is 16.9. The van der Waals surface area contributed by atoms with E-state index in [4.69, 9.17) is 28.4 Å². The minimum absolute atomic E-state index is 0.0114. The molecular weight excluding hydrogens is 1060 g/mol. The number of carbonyl (C=O) groups excluding carboxylic acids is 4. The molecule has 0 saturated carbocycles. The van der Waals surface area contributed by atoms with Crippen LogP contribution < -0.4 is 28.7 Å². The summed E-state index contributed by atoms with van der Waals surface area (Å²) >= 11 is 0. The lowest BCUT2D eigenvalue weighted by Gasteiger charge is -2.26. The molecule has 73 heavy (non-hydrogen) atoms. The van der Waals surface area contributed by atoms with Crippen molar-refractivity contribution in [3.8, 4) is 23.0 Å². The van der Waals surface area contributed by atoms with Crippen molar-refractivity contribution in [1.29, 1.82) is 0 Å². The molecule has 1 unspecified atom stereocenters. The molecule has 20 nitrogen and oxygen atoms in total. The van der Waals surface area contributed by atoms with Crippen LogP contribution >= 0.6 is 0 Å². The highest BCUT2D eigenvalue weighted by atomic mass is 32.2. The maximum atomic E-state index is 14.2. The van der Waals surface area contributed by atoms with Crippen molar-refractivity contribution >= 4 is 71.4 Å². The monoisotopic (exact) mass is 1120 g/mol. The maximum Gasteiger partial charge on any atom is 0.534 e. The summed E-state index contributed by atoms with van der Waals surface area (Å²) in [5.41, 5.74) is -11.9. The van der Waals surface area contributed by atoms with Gasteiger partial charge in [-0.3, -0.25) is 38.8 Å². The zero-order valence-electron chi connectivity index (χ0n) is 40.8. The third-order valence-electron chi connectivity index (χ3n) is 11.4. The van der Waals surface area contributed by atoms with Crippen molar-refractivity contribution < 1.29 is 99.1 Å². The number of carbonyl (C=O) groups is 4. The fraction of sp³-hybridized carbons (Fsp3) is 0.535. The molecule has 4 aliphatic rings. The number of methoxy groups -OCH3 is 2. The largest absolute Gasteiger partial charge is 0.534 e. The van der Waals surface area contributed by atoms with E-state index in [-0.39, 0.29) is 78.3 Å². The SMILES string of the molecule is COc1cc2c(cc1OCCCOc1cc3c(cc1OC)C(=O)N1C=C(OS(=O)(=O)C(F)(F)F)C[C@H]1C(=O)N3COCC[Si](C)(C)C)N(COCC[Si](C)(C)C)C(=O)C1CC(OS(=O)(=O)C(F)(F)F)=CN1C2=O. The minimum Gasteiger partial charge on any atom is -0.493 e. The van der Waals surface area contributed by atoms with E-state index in [2.05, 4.69) is 47.6 Å². The van der Waals surface area contributed by atoms with Crippen LogP contribution in [0.25, 0.3) is 0 Å². The fourth-order valence-electron chi connectivity index (χ4n) is 7.54. The Labute approximate surface area is 418 Å². The predicted molar refractivity (Wildman–Crippen MR) is 252 cm³/mol. The Bertz CT molecular complexity index is 2600. The van der Waals surface area contributed by atoms with Gasteiger partial charge in [-0.25, -0.2) is 0 Å². The molecule has 404 valence electrons. The Morgan fingerprint density at radius 1 is 0.562 bits per heavy atom. The third kappa shape index (κ3) is 12.9. The molecule has 0 N–H and O–H groups in total. The Morgan fingerprint density at radius 2 is 0.918 bits per heavy atom. The number of hydrogen-bond acceptors (Lipinski definition) is 16. The highest BCUT2D eigenvalue weighted by Crippen LogP contribution is 2.44. The lowest BCUT2D eigenvalue weighted by Crippen LogP contribution is -2.45. The molecule has 0 fully saturated rings. The second-order valence-electron chi connectivity index (χ2n) is 19.3. The van der Waals surface area contributed by atoms with Gasteiger partial charge in [-0.05, 0) is 24.2 Å². The van der Waals surface area contributed by atoms with Gasteiger partial charge in [0.15, 0.2) is 23.0 Å². The Hall–Kier alpha value is -5.57. The number of hydrogen-bond donors (Lipinski definition) is 0. The van der Waals surface area contributed by atoms with E-state index in [0.717, 1.165) is 32.0 Å². The van der Waals surface area contributed by atoms with E-state index in [9.17, 15) is 62.4 Å². The second kappa shape index (κ2) is 21.3. The standard InChI is InChI=1S/C43H54F6N4O16S2Si2/c1-62-34-18-28-30(52(24-64-12-14-72(3,4)5)40(56)32-16-26(22-50(32)38(28)54)68-70(58,59)42(44,45)46)20-36(34)66-10-9-11-67-37-21-31-29(19-35(37)63-2)39(55)51-23-27(69-71(60,61)43(47,48)49)17-33(51)41(57)53(31)25-65-13-15-73(6,7)8/h18-23,32-33H,9-17,24-25H2,1-8H3/t32-,33?/m0/s1. The molecule has 0 bridgehead atoms. The minimum atomic E-state index is -6.13. The van der Waals surface area contributed by atoms with Gasteiger partial charge in [0.2, 0.25) is 0 Å². The summed E-state index contributed by atoms with van der Waals surface area (Å²) in [4.78, 5) is 60.2. The first-order valence-corrected chi connectivity index (χ1v) is 32.6. The van der Waals surface area contributed by atoms with Crippen LogP contribution in [0.4, 0.5) is 37.7 Å². The smallest absolute Gasteiger partial charge is 0.493 e. The van der Waals surface area contributed by atoms with Gasteiger partial charge < -0.3 is 36.8 Å². The summed E-state index contributed by atoms with van der Waals surface area (Å²) in [6.07, 6.45) is 0.166. The number of halogens is 6. The van der Waals surface area contributed by atoms with Crippen LogP contribution in [0.5, 0.6) is 23.0 Å². The maximum absolute atomic E-state index is 14.2. The van der Waals surface area contributed by atoms with Crippen molar-refractivity contribution in [1.82, 2.24) is 9.80 Å². The summed E-state index contributed by atoms with van der Waals surface area (Å²) in [6, 6.07) is 3.52. The molecule has 2 aromatic carbocycles. The number of benzene rings is 2. The lowest BCUT2D eigenvalue weighted by atomic mass is 10.1. The molecule has 0 spiro atoms. The predicted octanol–water partition coefficient (Wildman–Crippen LogP) is 6.71. The first kappa shape index (κ1) is 56.7. The molecular formula is C43H54F6N4O16S2Si2. The van der Waals surface area contributed by atoms with E-state index in [1.807, 2.05) is 0 Å². The zero-order valence-corrected chi connectivity index (χ0v) is 44.4. The van der Waals surface area contributed by atoms with Gasteiger partial charge in [-0.2, -0.15) is 43.2 Å². The highest BCUT2D eigenvalue weighted by Gasteiger charge is 2.53. The molecule has 4 amide bonds. The number of amides is 4. The first-order chi connectivity index (χ1) is 33.8.